The number of thioether (sulfide) groups is 4. The average Bonchev–Trinajstić information content (AvgIpc) is 3.15. The van der Waals surface area contributed by atoms with E-state index in [1.54, 1.807) is 28.4 Å². The zero-order chi connectivity index (χ0) is 16.1. The largest absolute Gasteiger partial charge is 0.487 e. The van der Waals surface area contributed by atoms with Gasteiger partial charge in [0.25, 0.3) is 0 Å². The quantitative estimate of drug-likeness (QED) is 0.713. The van der Waals surface area contributed by atoms with Gasteiger partial charge in [-0.15, -0.1) is 0 Å². The highest BCUT2D eigenvalue weighted by atomic mass is 32.2. The molecule has 23 heavy (non-hydrogen) atoms. The van der Waals surface area contributed by atoms with Gasteiger partial charge in [0.05, 0.1) is 28.4 Å². The van der Waals surface area contributed by atoms with E-state index >= 15 is 0 Å². The van der Waals surface area contributed by atoms with Gasteiger partial charge >= 0.3 is 0 Å². The number of fused-ring (bicyclic) bond motifs is 8. The van der Waals surface area contributed by atoms with E-state index in [2.05, 4.69) is 0 Å². The molecule has 0 radical (unpaired) electrons. The van der Waals surface area contributed by atoms with Crippen molar-refractivity contribution in [2.45, 2.75) is 27.4 Å². The van der Waals surface area contributed by atoms with Gasteiger partial charge in [-0.05, 0) is 18.3 Å². The second kappa shape index (κ2) is 6.42. The second-order valence-electron chi connectivity index (χ2n) is 5.86. The summed E-state index contributed by atoms with van der Waals surface area (Å²) in [5, 5.41) is 6.19. The van der Waals surface area contributed by atoms with E-state index in [0.29, 0.717) is 32.8 Å². The lowest BCUT2D eigenvalue weighted by molar-refractivity contribution is 0.261. The molecular formula is C15H20O4S4. The Morgan fingerprint density at radius 1 is 0.565 bits per heavy atom. The van der Waals surface area contributed by atoms with Gasteiger partial charge in [-0.2, -0.15) is 0 Å². The van der Waals surface area contributed by atoms with Gasteiger partial charge in [0.1, 0.15) is 0 Å². The van der Waals surface area contributed by atoms with Crippen molar-refractivity contribution in [1.82, 2.24) is 0 Å². The highest BCUT2D eigenvalue weighted by Gasteiger charge is 2.62. The molecule has 0 saturated heterocycles. The van der Waals surface area contributed by atoms with Crippen LogP contribution in [0.4, 0.5) is 0 Å². The van der Waals surface area contributed by atoms with Gasteiger partial charge in [0.2, 0.25) is 20.4 Å². The molecule has 2 aliphatic heterocycles. The van der Waals surface area contributed by atoms with E-state index in [1.807, 2.05) is 47.0 Å². The first-order valence-electron chi connectivity index (χ1n) is 7.53. The smallest absolute Gasteiger partial charge is 0.202 e. The van der Waals surface area contributed by atoms with E-state index in [0.717, 1.165) is 20.4 Å². The van der Waals surface area contributed by atoms with Crippen molar-refractivity contribution in [2.75, 3.05) is 28.4 Å². The van der Waals surface area contributed by atoms with Crippen molar-refractivity contribution in [2.24, 2.45) is 11.8 Å². The van der Waals surface area contributed by atoms with E-state index in [1.165, 1.54) is 6.42 Å². The zero-order valence-corrected chi connectivity index (χ0v) is 16.7. The minimum Gasteiger partial charge on any atom is -0.487 e. The number of methoxy groups -OCH3 is 4. The fourth-order valence-electron chi connectivity index (χ4n) is 4.03. The maximum Gasteiger partial charge on any atom is 0.202 e. The monoisotopic (exact) mass is 392 g/mol. The zero-order valence-electron chi connectivity index (χ0n) is 13.4. The molecule has 2 fully saturated rings. The summed E-state index contributed by atoms with van der Waals surface area (Å²) >= 11 is 7.48. The standard InChI is InChI=1S/C15H20O4S4/c1-16-12-13(17-2)21-9-7-5-6(8(9)20-12)10-11(7)23-15(19-4)14(18-3)22-10/h6-11H,5H2,1-4H3/t6?,7?,8-,9-,10-,11-/m1/s1. The van der Waals surface area contributed by atoms with Crippen LogP contribution in [0.2, 0.25) is 0 Å². The van der Waals surface area contributed by atoms with Gasteiger partial charge in [-0.25, -0.2) is 0 Å². The van der Waals surface area contributed by atoms with Crippen LogP contribution in [0, 0.1) is 11.8 Å². The first-order valence-corrected chi connectivity index (χ1v) is 11.0. The molecule has 0 aromatic heterocycles. The average molecular weight is 393 g/mol. The van der Waals surface area contributed by atoms with E-state index in [4.69, 9.17) is 18.9 Å². The number of hydrogen-bond acceptors (Lipinski definition) is 8. The Morgan fingerprint density at radius 2 is 0.826 bits per heavy atom. The van der Waals surface area contributed by atoms with Gasteiger partial charge < -0.3 is 18.9 Å². The molecule has 8 heteroatoms. The first-order chi connectivity index (χ1) is 11.2. The Kier molecular flexibility index (Phi) is 4.62. The fraction of sp³-hybridized carbons (Fsp3) is 0.733. The third-order valence-electron chi connectivity index (χ3n) is 4.93. The third kappa shape index (κ3) is 2.47. The predicted octanol–water partition coefficient (Wildman–Crippen LogP) is 3.91. The first kappa shape index (κ1) is 16.5. The number of rotatable bonds is 4. The minimum atomic E-state index is 0.607. The fourth-order valence-corrected chi connectivity index (χ4v) is 10.7. The molecule has 4 atom stereocenters. The number of ether oxygens (including phenoxy) is 4. The second-order valence-corrected chi connectivity index (χ2v) is 10.5. The Labute approximate surface area is 153 Å². The van der Waals surface area contributed by atoms with Crippen molar-refractivity contribution < 1.29 is 18.9 Å². The molecule has 0 spiro atoms. The van der Waals surface area contributed by atoms with Crippen LogP contribution in [0.1, 0.15) is 6.42 Å². The summed E-state index contributed by atoms with van der Waals surface area (Å²) in [5.41, 5.74) is 0. The van der Waals surface area contributed by atoms with Crippen molar-refractivity contribution in [1.29, 1.82) is 0 Å². The summed E-state index contributed by atoms with van der Waals surface area (Å²) in [6, 6.07) is 0. The van der Waals surface area contributed by atoms with Crippen LogP contribution in [0.3, 0.4) is 0 Å². The molecular weight excluding hydrogens is 372 g/mol. The Morgan fingerprint density at radius 3 is 1.04 bits per heavy atom. The molecule has 128 valence electrons. The van der Waals surface area contributed by atoms with Gasteiger partial charge in [-0.1, -0.05) is 47.0 Å². The van der Waals surface area contributed by atoms with Crippen molar-refractivity contribution in [3.63, 3.8) is 0 Å². The van der Waals surface area contributed by atoms with Crippen LogP contribution in [-0.2, 0) is 18.9 Å². The van der Waals surface area contributed by atoms with Crippen molar-refractivity contribution in [3.8, 4) is 0 Å². The normalized spacial score (nSPS) is 41.6. The van der Waals surface area contributed by atoms with Gasteiger partial charge in [0.15, 0.2) is 0 Å². The van der Waals surface area contributed by atoms with E-state index in [-0.39, 0.29) is 0 Å². The van der Waals surface area contributed by atoms with E-state index < -0.39 is 0 Å². The van der Waals surface area contributed by atoms with Gasteiger partial charge in [-0.3, -0.25) is 0 Å². The molecule has 4 rings (SSSR count). The molecule has 4 aliphatic rings. The molecule has 4 nitrogen and oxygen atoms in total. The summed E-state index contributed by atoms with van der Waals surface area (Å²) in [7, 11) is 6.94. The molecule has 0 aromatic rings. The van der Waals surface area contributed by atoms with Crippen LogP contribution in [0.15, 0.2) is 20.4 Å². The molecule has 0 N–H and O–H groups in total. The Bertz CT molecular complexity index is 472. The summed E-state index contributed by atoms with van der Waals surface area (Å²) in [4.78, 5) is 0. The van der Waals surface area contributed by atoms with Crippen LogP contribution >= 0.6 is 47.0 Å². The minimum absolute atomic E-state index is 0.607. The lowest BCUT2D eigenvalue weighted by atomic mass is 9.98. The number of hydrogen-bond donors (Lipinski definition) is 0. The van der Waals surface area contributed by atoms with E-state index in [9.17, 15) is 0 Å². The van der Waals surface area contributed by atoms with Crippen LogP contribution < -0.4 is 0 Å². The Hall–Kier alpha value is 0.0800. The summed E-state index contributed by atoms with van der Waals surface area (Å²) < 4.78 is 22.2. The molecule has 0 aromatic carbocycles. The molecule has 0 amide bonds. The summed E-state index contributed by atoms with van der Waals surface area (Å²) in [5.74, 6) is 1.38. The molecule has 0 unspecified atom stereocenters. The van der Waals surface area contributed by atoms with Crippen LogP contribution in [0.25, 0.3) is 0 Å². The summed E-state index contributed by atoms with van der Waals surface area (Å²) in [6.07, 6.45) is 1.28. The van der Waals surface area contributed by atoms with Crippen molar-refractivity contribution >= 4 is 47.0 Å². The molecule has 2 saturated carbocycles. The third-order valence-corrected chi connectivity index (χ3v) is 11.5. The maximum absolute atomic E-state index is 5.55. The van der Waals surface area contributed by atoms with Crippen LogP contribution in [0.5, 0.6) is 0 Å². The summed E-state index contributed by atoms with van der Waals surface area (Å²) in [6.45, 7) is 0. The van der Waals surface area contributed by atoms with Gasteiger partial charge in [0, 0.05) is 21.0 Å². The van der Waals surface area contributed by atoms with Crippen molar-refractivity contribution in [3.05, 3.63) is 20.4 Å². The Balaban J connectivity index is 1.61. The topological polar surface area (TPSA) is 36.9 Å². The SMILES string of the molecule is COC1=C(OC)S[C@@H]2C3CC([C@H]2S1)[C@H]1SC(OC)=C(OC)S[C@H]31. The molecule has 2 aliphatic carbocycles. The lowest BCUT2D eigenvalue weighted by Crippen LogP contribution is -2.44. The molecule has 2 heterocycles. The maximum atomic E-state index is 5.55. The lowest BCUT2D eigenvalue weighted by Gasteiger charge is -2.43. The molecule has 2 bridgehead atoms. The highest BCUT2D eigenvalue weighted by molar-refractivity contribution is 8.12. The highest BCUT2D eigenvalue weighted by Crippen LogP contribution is 2.67. The predicted molar refractivity (Wildman–Crippen MR) is 99.2 cm³/mol. The van der Waals surface area contributed by atoms with Crippen LogP contribution in [-0.4, -0.2) is 49.4 Å².